The van der Waals surface area contributed by atoms with Gasteiger partial charge in [-0.25, -0.2) is 0 Å². The molecule has 0 bridgehead atoms. The zero-order valence-corrected chi connectivity index (χ0v) is 30.4. The molecule has 16 heteroatoms. The van der Waals surface area contributed by atoms with E-state index in [-0.39, 0.29) is 31.7 Å². The second-order valence-corrected chi connectivity index (χ2v) is 12.6. The maximum absolute atomic E-state index is 13.0. The van der Waals surface area contributed by atoms with Crippen molar-refractivity contribution >= 4 is 47.6 Å². The molecule has 49 heavy (non-hydrogen) atoms. The van der Waals surface area contributed by atoms with E-state index in [1.165, 1.54) is 39.9 Å². The van der Waals surface area contributed by atoms with Gasteiger partial charge in [0, 0.05) is 21.1 Å². The number of aliphatic hydroxyl groups is 1. The first-order chi connectivity index (χ1) is 22.9. The van der Waals surface area contributed by atoms with Crippen LogP contribution in [-0.2, 0) is 38.4 Å². The molecular formula is C33H57N7O9. The Hall–Kier alpha value is -4.34. The summed E-state index contributed by atoms with van der Waals surface area (Å²) < 4.78 is 0. The van der Waals surface area contributed by atoms with Crippen molar-refractivity contribution in [1.82, 2.24) is 36.0 Å². The van der Waals surface area contributed by atoms with E-state index in [0.717, 1.165) is 9.80 Å². The van der Waals surface area contributed by atoms with Crippen LogP contribution in [0.4, 0.5) is 0 Å². The first-order valence-electron chi connectivity index (χ1n) is 16.5. The van der Waals surface area contributed by atoms with Gasteiger partial charge in [-0.05, 0) is 52.4 Å². The van der Waals surface area contributed by atoms with E-state index in [1.807, 2.05) is 32.9 Å². The summed E-state index contributed by atoms with van der Waals surface area (Å²) in [4.78, 5) is 103. The Morgan fingerprint density at radius 2 is 1.45 bits per heavy atom. The fourth-order valence-corrected chi connectivity index (χ4v) is 4.51. The van der Waals surface area contributed by atoms with Gasteiger partial charge in [0.25, 0.3) is 0 Å². The molecule has 0 saturated carbocycles. The van der Waals surface area contributed by atoms with Gasteiger partial charge in [-0.15, -0.1) is 0 Å². The van der Waals surface area contributed by atoms with Gasteiger partial charge < -0.3 is 45.9 Å². The lowest BCUT2D eigenvalue weighted by Crippen LogP contribution is -2.55. The van der Waals surface area contributed by atoms with Gasteiger partial charge in [-0.1, -0.05) is 32.9 Å². The lowest BCUT2D eigenvalue weighted by atomic mass is 10.0. The van der Waals surface area contributed by atoms with Gasteiger partial charge in [0.05, 0.1) is 38.2 Å². The number of hydrogen-bond donors (Lipinski definition) is 5. The molecule has 5 atom stereocenters. The Morgan fingerprint density at radius 1 is 0.816 bits per heavy atom. The number of amides is 7. The molecule has 0 aromatic carbocycles. The molecule has 5 N–H and O–H groups in total. The fraction of sp³-hybridized carbons (Fsp3) is 0.697. The molecule has 0 aromatic rings. The number of allylic oxidation sites excluding steroid dienone is 2. The molecule has 0 radical (unpaired) electrons. The number of carbonyl (C=O) groups excluding carboxylic acids is 8. The van der Waals surface area contributed by atoms with E-state index >= 15 is 0 Å². The second kappa shape index (κ2) is 23.1. The topological polar surface area (TPSA) is 215 Å². The third kappa shape index (κ3) is 17.6. The van der Waals surface area contributed by atoms with Crippen molar-refractivity contribution in [3.63, 3.8) is 0 Å². The van der Waals surface area contributed by atoms with E-state index in [9.17, 15) is 43.5 Å². The number of nitrogens with one attached hydrogen (secondary N) is 4. The molecule has 0 aromatic heterocycles. The summed E-state index contributed by atoms with van der Waals surface area (Å²) in [6.45, 7) is 8.96. The minimum atomic E-state index is -0.973. The maximum Gasteiger partial charge on any atom is 0.245 e. The Bertz CT molecular complexity index is 1180. The minimum absolute atomic E-state index is 0.000517. The highest BCUT2D eigenvalue weighted by molar-refractivity contribution is 5.94. The Kier molecular flexibility index (Phi) is 21.0. The monoisotopic (exact) mass is 695 g/mol. The van der Waals surface area contributed by atoms with Crippen molar-refractivity contribution < 1.29 is 43.5 Å². The predicted molar refractivity (Wildman–Crippen MR) is 182 cm³/mol. The van der Waals surface area contributed by atoms with Gasteiger partial charge in [-0.3, -0.25) is 33.6 Å². The zero-order chi connectivity index (χ0) is 37.8. The standard InChI is InChI=1S/C33H57N7O9/c1-10-12-13-14-24(42)16-27(43)37-25(11-2)33(49)39(8)19-30(46)38(7)18-28(44)34-17-29(45)40(9)26(15-21(3)4)32(48)36-23(6)31(47)35-22(5)20-41/h10,12,20-26,42H,11,13-19H2,1-9H3,(H,34,44)(H,35,47)(H,36,48)(H,37,43)/b12-10+/t22?,23-,24?,25?,26?/m0/s1. The van der Waals surface area contributed by atoms with Crippen LogP contribution in [0.15, 0.2) is 12.2 Å². The highest BCUT2D eigenvalue weighted by Crippen LogP contribution is 2.12. The lowest BCUT2D eigenvalue weighted by molar-refractivity contribution is -0.142. The molecule has 4 unspecified atom stereocenters. The third-order valence-corrected chi connectivity index (χ3v) is 7.54. The summed E-state index contributed by atoms with van der Waals surface area (Å²) in [5, 5.41) is 20.1. The largest absolute Gasteiger partial charge is 0.393 e. The van der Waals surface area contributed by atoms with Crippen molar-refractivity contribution in [2.24, 2.45) is 5.92 Å². The molecule has 278 valence electrons. The molecular weight excluding hydrogens is 638 g/mol. The predicted octanol–water partition coefficient (Wildman–Crippen LogP) is -0.897. The van der Waals surface area contributed by atoms with E-state index in [0.29, 0.717) is 19.1 Å². The van der Waals surface area contributed by atoms with Crippen LogP contribution in [0.1, 0.15) is 73.6 Å². The first kappa shape index (κ1) is 44.7. The van der Waals surface area contributed by atoms with Crippen LogP contribution in [0.5, 0.6) is 0 Å². The van der Waals surface area contributed by atoms with Crippen molar-refractivity contribution in [3.05, 3.63) is 12.2 Å². The number of rotatable bonds is 22. The Labute approximate surface area is 289 Å². The quantitative estimate of drug-likeness (QED) is 0.0700. The third-order valence-electron chi connectivity index (χ3n) is 7.54. The van der Waals surface area contributed by atoms with Crippen LogP contribution in [0, 0.1) is 5.92 Å². The molecule has 0 aliphatic carbocycles. The summed E-state index contributed by atoms with van der Waals surface area (Å²) in [6, 6.07) is -3.57. The summed E-state index contributed by atoms with van der Waals surface area (Å²) in [5.41, 5.74) is 0. The van der Waals surface area contributed by atoms with E-state index in [1.54, 1.807) is 6.92 Å². The SMILES string of the molecule is C/C=C/CCC(O)CC(=O)NC(CC)C(=O)N(C)CC(=O)N(C)CC(=O)NCC(=O)N(C)C(CC(C)C)C(=O)N[C@@H](C)C(=O)NC(C)C=O. The molecule has 0 aliphatic heterocycles. The van der Waals surface area contributed by atoms with Crippen LogP contribution in [0.25, 0.3) is 0 Å². The van der Waals surface area contributed by atoms with Gasteiger partial charge in [-0.2, -0.15) is 0 Å². The Balaban J connectivity index is 5.06. The van der Waals surface area contributed by atoms with Gasteiger partial charge in [0.15, 0.2) is 0 Å². The number of aldehydes is 1. The van der Waals surface area contributed by atoms with E-state index < -0.39 is 84.7 Å². The van der Waals surface area contributed by atoms with Crippen molar-refractivity contribution in [2.45, 2.75) is 104 Å². The molecule has 0 aliphatic rings. The van der Waals surface area contributed by atoms with Crippen LogP contribution < -0.4 is 21.3 Å². The lowest BCUT2D eigenvalue weighted by Gasteiger charge is -2.30. The van der Waals surface area contributed by atoms with Gasteiger partial charge in [0.1, 0.15) is 24.4 Å². The smallest absolute Gasteiger partial charge is 0.245 e. The molecule has 0 heterocycles. The van der Waals surface area contributed by atoms with Crippen LogP contribution in [0.2, 0.25) is 0 Å². The fourth-order valence-electron chi connectivity index (χ4n) is 4.51. The van der Waals surface area contributed by atoms with Crippen LogP contribution >= 0.6 is 0 Å². The second-order valence-electron chi connectivity index (χ2n) is 12.6. The number of carbonyl (C=O) groups is 8. The normalized spacial score (nSPS) is 14.1. The highest BCUT2D eigenvalue weighted by Gasteiger charge is 2.30. The average Bonchev–Trinajstić information content (AvgIpc) is 3.03. The van der Waals surface area contributed by atoms with Crippen LogP contribution in [-0.4, -0.2) is 138 Å². The molecule has 0 spiro atoms. The summed E-state index contributed by atoms with van der Waals surface area (Å²) in [6.07, 6.45) is 4.82. The van der Waals surface area contributed by atoms with Gasteiger partial charge >= 0.3 is 0 Å². The van der Waals surface area contributed by atoms with Crippen molar-refractivity contribution in [3.8, 4) is 0 Å². The first-order valence-corrected chi connectivity index (χ1v) is 16.5. The van der Waals surface area contributed by atoms with E-state index in [2.05, 4.69) is 21.3 Å². The molecule has 0 fully saturated rings. The average molecular weight is 696 g/mol. The molecule has 16 nitrogen and oxygen atoms in total. The molecule has 0 rings (SSSR count). The summed E-state index contributed by atoms with van der Waals surface area (Å²) >= 11 is 0. The molecule has 7 amide bonds. The maximum atomic E-state index is 13.0. The van der Waals surface area contributed by atoms with Crippen LogP contribution in [0.3, 0.4) is 0 Å². The van der Waals surface area contributed by atoms with E-state index in [4.69, 9.17) is 0 Å². The highest BCUT2D eigenvalue weighted by atomic mass is 16.3. The summed E-state index contributed by atoms with van der Waals surface area (Å²) in [7, 11) is 4.16. The molecule has 0 saturated heterocycles. The number of aliphatic hydroxyl groups excluding tert-OH is 1. The number of hydrogen-bond acceptors (Lipinski definition) is 9. The van der Waals surface area contributed by atoms with Crippen molar-refractivity contribution in [1.29, 1.82) is 0 Å². The van der Waals surface area contributed by atoms with Gasteiger partial charge in [0.2, 0.25) is 41.4 Å². The Morgan fingerprint density at radius 3 is 2.00 bits per heavy atom. The zero-order valence-electron chi connectivity index (χ0n) is 30.4. The minimum Gasteiger partial charge on any atom is -0.393 e. The number of nitrogens with zero attached hydrogens (tertiary/aromatic N) is 3. The summed E-state index contributed by atoms with van der Waals surface area (Å²) in [5.74, 6) is -3.94. The number of likely N-dealkylation sites (N-methyl/N-ethyl adjacent to an activating group) is 3. The van der Waals surface area contributed by atoms with Crippen molar-refractivity contribution in [2.75, 3.05) is 40.8 Å².